The van der Waals surface area contributed by atoms with Crippen LogP contribution in [0.2, 0.25) is 0 Å². The number of rotatable bonds is 6. The summed E-state index contributed by atoms with van der Waals surface area (Å²) in [5, 5.41) is 2.78. The monoisotopic (exact) mass is 463 g/mol. The van der Waals surface area contributed by atoms with Crippen LogP contribution in [0.5, 0.6) is 0 Å². The van der Waals surface area contributed by atoms with Crippen molar-refractivity contribution in [2.45, 2.75) is 31.6 Å². The number of nitrogens with zero attached hydrogens (tertiary/aromatic N) is 1. The van der Waals surface area contributed by atoms with E-state index in [-0.39, 0.29) is 16.4 Å². The summed E-state index contributed by atoms with van der Waals surface area (Å²) in [4.78, 5) is 26.5. The summed E-state index contributed by atoms with van der Waals surface area (Å²) >= 11 is 0. The molecule has 0 aliphatic carbocycles. The number of aryl methyl sites for hydroxylation is 2. The van der Waals surface area contributed by atoms with Gasteiger partial charge in [0.25, 0.3) is 15.9 Å². The number of carbonyl (C=O) groups excluding carboxylic acids is 2. The highest BCUT2D eigenvalue weighted by atomic mass is 32.2. The van der Waals surface area contributed by atoms with Crippen molar-refractivity contribution in [1.29, 1.82) is 0 Å². The van der Waals surface area contributed by atoms with Crippen molar-refractivity contribution in [3.05, 3.63) is 83.4 Å². The molecular weight excluding hydrogens is 438 g/mol. The number of carbonyl (C=O) groups is 2. The average molecular weight is 464 g/mol. The number of hydrogen-bond donors (Lipinski definition) is 2. The zero-order valence-electron chi connectivity index (χ0n) is 18.5. The number of nitrogens with one attached hydrogen (secondary N) is 2. The topological polar surface area (TPSA) is 95.6 Å². The van der Waals surface area contributed by atoms with Crippen molar-refractivity contribution in [2.24, 2.45) is 0 Å². The van der Waals surface area contributed by atoms with Gasteiger partial charge in [0.15, 0.2) is 0 Å². The molecule has 1 saturated heterocycles. The molecule has 0 aromatic heterocycles. The fraction of sp³-hybridized carbons (Fsp3) is 0.200. The van der Waals surface area contributed by atoms with Gasteiger partial charge in [-0.25, -0.2) is 8.42 Å². The highest BCUT2D eigenvalue weighted by Gasteiger charge is 2.22. The Labute approximate surface area is 193 Å². The van der Waals surface area contributed by atoms with Gasteiger partial charge in [0.1, 0.15) is 0 Å². The molecule has 1 aliphatic heterocycles. The maximum Gasteiger partial charge on any atom is 0.262 e. The molecule has 0 radical (unpaired) electrons. The summed E-state index contributed by atoms with van der Waals surface area (Å²) in [6.07, 6.45) is 1.39. The molecule has 3 aromatic rings. The molecule has 4 rings (SSSR count). The number of benzene rings is 3. The van der Waals surface area contributed by atoms with E-state index in [1.165, 1.54) is 6.07 Å². The molecule has 1 heterocycles. The summed E-state index contributed by atoms with van der Waals surface area (Å²) in [5.41, 5.74) is 3.58. The fourth-order valence-electron chi connectivity index (χ4n) is 3.71. The Morgan fingerprint density at radius 3 is 2.21 bits per heavy atom. The summed E-state index contributed by atoms with van der Waals surface area (Å²) in [5.74, 6) is -0.328. The first kappa shape index (κ1) is 22.5. The second kappa shape index (κ2) is 9.07. The van der Waals surface area contributed by atoms with Crippen molar-refractivity contribution in [3.8, 4) is 0 Å². The Hall–Kier alpha value is -3.65. The average Bonchev–Trinajstić information content (AvgIpc) is 3.21. The quantitative estimate of drug-likeness (QED) is 0.563. The Bertz CT molecular complexity index is 1300. The van der Waals surface area contributed by atoms with E-state index in [0.717, 1.165) is 17.7 Å². The number of sulfonamides is 1. The predicted octanol–water partition coefficient (Wildman–Crippen LogP) is 4.48. The Balaban J connectivity index is 1.51. The molecule has 170 valence electrons. The van der Waals surface area contributed by atoms with E-state index in [2.05, 4.69) is 10.0 Å². The first-order valence-corrected chi connectivity index (χ1v) is 12.1. The number of amides is 2. The van der Waals surface area contributed by atoms with Gasteiger partial charge >= 0.3 is 0 Å². The lowest BCUT2D eigenvalue weighted by molar-refractivity contribution is -0.117. The van der Waals surface area contributed by atoms with Crippen molar-refractivity contribution in [1.82, 2.24) is 0 Å². The standard InChI is InChI=1S/C25H25N3O4S/c1-17-5-9-21(10-6-17)27-33(31,32)23-16-19(8-7-18(23)2)25(30)26-20-11-13-22(14-12-20)28-15-3-4-24(28)29/h5-14,16,27H,3-4,15H2,1-2H3,(H,26,30). The summed E-state index contributed by atoms with van der Waals surface area (Å²) < 4.78 is 28.5. The van der Waals surface area contributed by atoms with Crippen LogP contribution in [0, 0.1) is 13.8 Å². The van der Waals surface area contributed by atoms with Gasteiger partial charge in [-0.05, 0) is 74.4 Å². The second-order valence-corrected chi connectivity index (χ2v) is 9.75. The minimum atomic E-state index is -3.87. The third kappa shape index (κ3) is 5.06. The van der Waals surface area contributed by atoms with Crippen molar-refractivity contribution in [2.75, 3.05) is 21.5 Å². The number of hydrogen-bond acceptors (Lipinski definition) is 4. The normalized spacial score (nSPS) is 13.8. The molecular formula is C25H25N3O4S. The molecule has 0 atom stereocenters. The fourth-order valence-corrected chi connectivity index (χ4v) is 5.04. The van der Waals surface area contributed by atoms with Crippen molar-refractivity contribution < 1.29 is 18.0 Å². The van der Waals surface area contributed by atoms with Crippen molar-refractivity contribution in [3.63, 3.8) is 0 Å². The predicted molar refractivity (Wildman–Crippen MR) is 129 cm³/mol. The largest absolute Gasteiger partial charge is 0.322 e. The zero-order chi connectivity index (χ0) is 23.6. The van der Waals surface area contributed by atoms with Crippen LogP contribution in [0.4, 0.5) is 17.1 Å². The van der Waals surface area contributed by atoms with Crippen LogP contribution in [0.25, 0.3) is 0 Å². The summed E-state index contributed by atoms with van der Waals surface area (Å²) in [6, 6.07) is 18.6. The minimum absolute atomic E-state index is 0.0404. The Morgan fingerprint density at radius 2 is 1.58 bits per heavy atom. The highest BCUT2D eigenvalue weighted by Crippen LogP contribution is 2.24. The molecule has 2 amide bonds. The first-order valence-electron chi connectivity index (χ1n) is 10.6. The van der Waals surface area contributed by atoms with Gasteiger partial charge in [0.2, 0.25) is 5.91 Å². The van der Waals surface area contributed by atoms with Crippen LogP contribution in [0.15, 0.2) is 71.6 Å². The summed E-state index contributed by atoms with van der Waals surface area (Å²) in [7, 11) is -3.87. The van der Waals surface area contributed by atoms with Crippen molar-refractivity contribution >= 4 is 38.9 Å². The molecule has 7 nitrogen and oxygen atoms in total. The lowest BCUT2D eigenvalue weighted by atomic mass is 10.1. The maximum absolute atomic E-state index is 13.0. The molecule has 0 spiro atoms. The SMILES string of the molecule is Cc1ccc(NS(=O)(=O)c2cc(C(=O)Nc3ccc(N4CCCC4=O)cc3)ccc2C)cc1. The lowest BCUT2D eigenvalue weighted by Crippen LogP contribution is -2.23. The van der Waals surface area contributed by atoms with Gasteiger partial charge in [-0.3, -0.25) is 14.3 Å². The van der Waals surface area contributed by atoms with Crippen LogP contribution < -0.4 is 14.9 Å². The van der Waals surface area contributed by atoms with Crippen LogP contribution in [0.3, 0.4) is 0 Å². The van der Waals surface area contributed by atoms with Gasteiger partial charge in [-0.2, -0.15) is 0 Å². The van der Waals surface area contributed by atoms with E-state index in [1.807, 2.05) is 19.1 Å². The number of anilines is 3. The molecule has 0 unspecified atom stereocenters. The van der Waals surface area contributed by atoms with Crippen LogP contribution in [-0.4, -0.2) is 26.8 Å². The van der Waals surface area contributed by atoms with E-state index >= 15 is 0 Å². The van der Waals surface area contributed by atoms with Gasteiger partial charge < -0.3 is 10.2 Å². The molecule has 0 saturated carbocycles. The van der Waals surface area contributed by atoms with Crippen LogP contribution in [-0.2, 0) is 14.8 Å². The lowest BCUT2D eigenvalue weighted by Gasteiger charge is -2.16. The van der Waals surface area contributed by atoms with Gasteiger partial charge in [0.05, 0.1) is 4.90 Å². The maximum atomic E-state index is 13.0. The van der Waals surface area contributed by atoms with E-state index < -0.39 is 15.9 Å². The molecule has 3 aromatic carbocycles. The summed E-state index contributed by atoms with van der Waals surface area (Å²) in [6.45, 7) is 4.30. The molecule has 0 bridgehead atoms. The van der Waals surface area contributed by atoms with Gasteiger partial charge in [-0.15, -0.1) is 0 Å². The Morgan fingerprint density at radius 1 is 0.909 bits per heavy atom. The Kier molecular flexibility index (Phi) is 6.20. The van der Waals surface area contributed by atoms with Crippen LogP contribution in [0.1, 0.15) is 34.3 Å². The molecule has 33 heavy (non-hydrogen) atoms. The molecule has 8 heteroatoms. The smallest absolute Gasteiger partial charge is 0.262 e. The minimum Gasteiger partial charge on any atom is -0.322 e. The van der Waals surface area contributed by atoms with Gasteiger partial charge in [-0.1, -0.05) is 23.8 Å². The first-order chi connectivity index (χ1) is 15.7. The van der Waals surface area contributed by atoms with Gasteiger partial charge in [0, 0.05) is 35.6 Å². The third-order valence-electron chi connectivity index (χ3n) is 5.55. The third-order valence-corrected chi connectivity index (χ3v) is 7.08. The van der Waals surface area contributed by atoms with E-state index in [1.54, 1.807) is 60.4 Å². The highest BCUT2D eigenvalue weighted by molar-refractivity contribution is 7.92. The van der Waals surface area contributed by atoms with E-state index in [9.17, 15) is 18.0 Å². The van der Waals surface area contributed by atoms with Crippen LogP contribution >= 0.6 is 0 Å². The second-order valence-electron chi connectivity index (χ2n) is 8.10. The van der Waals surface area contributed by atoms with E-state index in [0.29, 0.717) is 29.9 Å². The molecule has 1 fully saturated rings. The molecule has 2 N–H and O–H groups in total. The van der Waals surface area contributed by atoms with E-state index in [4.69, 9.17) is 0 Å². The molecule has 1 aliphatic rings. The zero-order valence-corrected chi connectivity index (χ0v) is 19.3.